The van der Waals surface area contributed by atoms with Crippen LogP contribution in [0.1, 0.15) is 21.9 Å². The second kappa shape index (κ2) is 7.52. The van der Waals surface area contributed by atoms with Gasteiger partial charge in [-0.05, 0) is 30.2 Å². The Balaban J connectivity index is 1.76. The van der Waals surface area contributed by atoms with Crippen LogP contribution in [0.5, 0.6) is 0 Å². The van der Waals surface area contributed by atoms with Crippen LogP contribution in [0.3, 0.4) is 0 Å². The highest BCUT2D eigenvalue weighted by atomic mass is 16.5. The van der Waals surface area contributed by atoms with E-state index in [2.05, 4.69) is 10.1 Å². The number of aryl methyl sites for hydroxylation is 2. The van der Waals surface area contributed by atoms with E-state index in [1.807, 2.05) is 72.4 Å². The van der Waals surface area contributed by atoms with Gasteiger partial charge in [0.05, 0.1) is 12.2 Å². The number of amides is 1. The molecule has 0 radical (unpaired) electrons. The zero-order chi connectivity index (χ0) is 19.5. The minimum absolute atomic E-state index is 0.174. The van der Waals surface area contributed by atoms with E-state index in [1.165, 1.54) is 6.26 Å². The highest BCUT2D eigenvalue weighted by molar-refractivity contribution is 6.06. The smallest absolute Gasteiger partial charge is 0.263 e. The van der Waals surface area contributed by atoms with Gasteiger partial charge in [0.2, 0.25) is 0 Å². The van der Waals surface area contributed by atoms with Gasteiger partial charge in [0.15, 0.2) is 0 Å². The molecule has 2 heterocycles. The summed E-state index contributed by atoms with van der Waals surface area (Å²) in [5.74, 6) is 0.611. The molecular formula is C22H20N4O2. The lowest BCUT2D eigenvalue weighted by Crippen LogP contribution is -2.31. The SMILES string of the molecule is Cc1nocc1C(=O)N(Cc1nccn1C)c1cccc(-c2ccccc2)c1. The number of rotatable bonds is 5. The third kappa shape index (κ3) is 3.44. The number of aromatic nitrogens is 3. The van der Waals surface area contributed by atoms with Crippen molar-refractivity contribution < 1.29 is 9.32 Å². The molecule has 28 heavy (non-hydrogen) atoms. The lowest BCUT2D eigenvalue weighted by molar-refractivity contribution is 0.0983. The van der Waals surface area contributed by atoms with Gasteiger partial charge in [0, 0.05) is 25.1 Å². The molecule has 2 aromatic heterocycles. The molecule has 0 N–H and O–H groups in total. The maximum atomic E-state index is 13.3. The summed E-state index contributed by atoms with van der Waals surface area (Å²) in [4.78, 5) is 19.4. The molecule has 0 fully saturated rings. The predicted molar refractivity (Wildman–Crippen MR) is 107 cm³/mol. The standard InChI is InChI=1S/C22H20N4O2/c1-16-20(15-28-24-16)22(27)26(14-21-23-11-12-25(21)2)19-10-6-9-18(13-19)17-7-4-3-5-8-17/h3-13,15H,14H2,1-2H3. The molecule has 0 atom stereocenters. The highest BCUT2D eigenvalue weighted by Crippen LogP contribution is 2.27. The Kier molecular flexibility index (Phi) is 4.76. The Morgan fingerprint density at radius 2 is 1.89 bits per heavy atom. The molecule has 2 aromatic carbocycles. The summed E-state index contributed by atoms with van der Waals surface area (Å²) in [5.41, 5.74) is 3.93. The number of hydrogen-bond acceptors (Lipinski definition) is 4. The van der Waals surface area contributed by atoms with Gasteiger partial charge < -0.3 is 14.0 Å². The number of anilines is 1. The Hall–Kier alpha value is -3.67. The van der Waals surface area contributed by atoms with E-state index >= 15 is 0 Å². The lowest BCUT2D eigenvalue weighted by Gasteiger charge is -2.23. The first-order valence-electron chi connectivity index (χ1n) is 8.98. The van der Waals surface area contributed by atoms with Crippen molar-refractivity contribution in [3.63, 3.8) is 0 Å². The van der Waals surface area contributed by atoms with Crippen LogP contribution >= 0.6 is 0 Å². The average Bonchev–Trinajstić information content (AvgIpc) is 3.34. The molecule has 0 spiro atoms. The highest BCUT2D eigenvalue weighted by Gasteiger charge is 2.23. The molecule has 0 aliphatic carbocycles. The Morgan fingerprint density at radius 3 is 2.57 bits per heavy atom. The summed E-state index contributed by atoms with van der Waals surface area (Å²) in [6.45, 7) is 2.10. The second-order valence-corrected chi connectivity index (χ2v) is 6.58. The quantitative estimate of drug-likeness (QED) is 0.526. The van der Waals surface area contributed by atoms with Crippen molar-refractivity contribution in [1.82, 2.24) is 14.7 Å². The molecular weight excluding hydrogens is 352 g/mol. The van der Waals surface area contributed by atoms with Gasteiger partial charge in [-0.25, -0.2) is 4.98 Å². The van der Waals surface area contributed by atoms with E-state index < -0.39 is 0 Å². The number of nitrogens with zero attached hydrogens (tertiary/aromatic N) is 4. The Bertz CT molecular complexity index is 1100. The van der Waals surface area contributed by atoms with Crippen LogP contribution in [0.25, 0.3) is 11.1 Å². The summed E-state index contributed by atoms with van der Waals surface area (Å²) in [5, 5.41) is 3.85. The summed E-state index contributed by atoms with van der Waals surface area (Å²) < 4.78 is 6.89. The zero-order valence-electron chi connectivity index (χ0n) is 15.7. The van der Waals surface area contributed by atoms with E-state index in [-0.39, 0.29) is 5.91 Å². The fraction of sp³-hybridized carbons (Fsp3) is 0.136. The van der Waals surface area contributed by atoms with Crippen molar-refractivity contribution in [2.24, 2.45) is 7.05 Å². The molecule has 140 valence electrons. The number of benzene rings is 2. The van der Waals surface area contributed by atoms with E-state index in [4.69, 9.17) is 4.52 Å². The fourth-order valence-electron chi connectivity index (χ4n) is 3.10. The molecule has 0 saturated heterocycles. The van der Waals surface area contributed by atoms with E-state index in [0.717, 1.165) is 22.6 Å². The molecule has 6 heteroatoms. The van der Waals surface area contributed by atoms with Gasteiger partial charge >= 0.3 is 0 Å². The van der Waals surface area contributed by atoms with E-state index in [9.17, 15) is 4.79 Å². The first-order valence-corrected chi connectivity index (χ1v) is 8.98. The topological polar surface area (TPSA) is 64.2 Å². The summed E-state index contributed by atoms with van der Waals surface area (Å²) in [6.07, 6.45) is 4.98. The summed E-state index contributed by atoms with van der Waals surface area (Å²) in [6, 6.07) is 18.0. The van der Waals surface area contributed by atoms with E-state index in [0.29, 0.717) is 17.8 Å². The van der Waals surface area contributed by atoms with Gasteiger partial charge in [-0.2, -0.15) is 0 Å². The molecule has 6 nitrogen and oxygen atoms in total. The van der Waals surface area contributed by atoms with Crippen LogP contribution in [0.15, 0.2) is 77.8 Å². The molecule has 0 aliphatic heterocycles. The molecule has 0 saturated carbocycles. The molecule has 1 amide bonds. The summed E-state index contributed by atoms with van der Waals surface area (Å²) in [7, 11) is 1.91. The fourth-order valence-corrected chi connectivity index (χ4v) is 3.10. The van der Waals surface area contributed by atoms with Crippen molar-refractivity contribution in [2.75, 3.05) is 4.90 Å². The van der Waals surface area contributed by atoms with Gasteiger partial charge in [-0.15, -0.1) is 0 Å². The average molecular weight is 372 g/mol. The summed E-state index contributed by atoms with van der Waals surface area (Å²) >= 11 is 0. The van der Waals surface area contributed by atoms with Gasteiger partial charge in [0.1, 0.15) is 17.7 Å². The maximum absolute atomic E-state index is 13.3. The van der Waals surface area contributed by atoms with Crippen LogP contribution in [0.2, 0.25) is 0 Å². The number of carbonyl (C=O) groups is 1. The second-order valence-electron chi connectivity index (χ2n) is 6.58. The van der Waals surface area contributed by atoms with Crippen LogP contribution in [-0.2, 0) is 13.6 Å². The number of imidazole rings is 1. The van der Waals surface area contributed by atoms with Crippen molar-refractivity contribution in [3.05, 3.63) is 90.3 Å². The lowest BCUT2D eigenvalue weighted by atomic mass is 10.0. The van der Waals surface area contributed by atoms with Gasteiger partial charge in [0.25, 0.3) is 5.91 Å². The minimum Gasteiger partial charge on any atom is -0.364 e. The molecule has 0 bridgehead atoms. The third-order valence-corrected chi connectivity index (χ3v) is 4.71. The van der Waals surface area contributed by atoms with Crippen LogP contribution in [0, 0.1) is 6.92 Å². The third-order valence-electron chi connectivity index (χ3n) is 4.71. The maximum Gasteiger partial charge on any atom is 0.263 e. The Morgan fingerprint density at radius 1 is 1.11 bits per heavy atom. The monoisotopic (exact) mass is 372 g/mol. The van der Waals surface area contributed by atoms with Gasteiger partial charge in [-0.1, -0.05) is 47.6 Å². The molecule has 4 aromatic rings. The number of hydrogen-bond donors (Lipinski definition) is 0. The minimum atomic E-state index is -0.174. The van der Waals surface area contributed by atoms with Gasteiger partial charge in [-0.3, -0.25) is 4.79 Å². The van der Waals surface area contributed by atoms with Crippen LogP contribution in [0.4, 0.5) is 5.69 Å². The molecule has 4 rings (SSSR count). The predicted octanol–water partition coefficient (Wildman–Crippen LogP) is 4.23. The molecule has 0 unspecified atom stereocenters. The Labute approximate surface area is 163 Å². The normalized spacial score (nSPS) is 10.8. The first kappa shape index (κ1) is 17.7. The van der Waals surface area contributed by atoms with Crippen LogP contribution in [-0.4, -0.2) is 20.6 Å². The van der Waals surface area contributed by atoms with Crippen molar-refractivity contribution >= 4 is 11.6 Å². The van der Waals surface area contributed by atoms with E-state index in [1.54, 1.807) is 18.0 Å². The first-order chi connectivity index (χ1) is 13.6. The van der Waals surface area contributed by atoms with Crippen LogP contribution < -0.4 is 4.90 Å². The number of carbonyl (C=O) groups excluding carboxylic acids is 1. The largest absolute Gasteiger partial charge is 0.364 e. The van der Waals surface area contributed by atoms with Crippen molar-refractivity contribution in [3.8, 4) is 11.1 Å². The zero-order valence-corrected chi connectivity index (χ0v) is 15.7. The van der Waals surface area contributed by atoms with Crippen molar-refractivity contribution in [2.45, 2.75) is 13.5 Å². The van der Waals surface area contributed by atoms with Crippen molar-refractivity contribution in [1.29, 1.82) is 0 Å². The molecule has 0 aliphatic rings.